The molecule has 1 aromatic rings. The SMILES string of the molecule is CC1CC(C)CN(CCC(=O)Nc2ccc(F)c(F)c2)C1. The lowest BCUT2D eigenvalue weighted by atomic mass is 9.92. The Hall–Kier alpha value is -1.49. The number of hydrogen-bond acceptors (Lipinski definition) is 2. The number of benzene rings is 1. The highest BCUT2D eigenvalue weighted by Crippen LogP contribution is 2.21. The second-order valence-electron chi connectivity index (χ2n) is 6.13. The number of hydrogen-bond donors (Lipinski definition) is 1. The van der Waals surface area contributed by atoms with Crippen molar-refractivity contribution < 1.29 is 13.6 Å². The third-order valence-electron chi connectivity index (χ3n) is 3.80. The van der Waals surface area contributed by atoms with E-state index in [4.69, 9.17) is 0 Å². The first-order valence-electron chi connectivity index (χ1n) is 7.41. The van der Waals surface area contributed by atoms with E-state index in [1.54, 1.807) is 0 Å². The molecular weight excluding hydrogens is 274 g/mol. The van der Waals surface area contributed by atoms with Crippen molar-refractivity contribution in [2.75, 3.05) is 25.0 Å². The molecule has 0 bridgehead atoms. The number of rotatable bonds is 4. The second-order valence-corrected chi connectivity index (χ2v) is 6.13. The summed E-state index contributed by atoms with van der Waals surface area (Å²) in [6.07, 6.45) is 1.59. The highest BCUT2D eigenvalue weighted by molar-refractivity contribution is 5.90. The van der Waals surface area contributed by atoms with Crippen LogP contribution in [0.2, 0.25) is 0 Å². The minimum Gasteiger partial charge on any atom is -0.326 e. The molecule has 0 saturated carbocycles. The number of piperidine rings is 1. The first-order valence-corrected chi connectivity index (χ1v) is 7.41. The maximum atomic E-state index is 13.1. The molecule has 5 heteroatoms. The van der Waals surface area contributed by atoms with E-state index in [1.807, 2.05) is 0 Å². The highest BCUT2D eigenvalue weighted by Gasteiger charge is 2.21. The molecular formula is C16H22F2N2O. The minimum atomic E-state index is -0.952. The number of carbonyl (C=O) groups is 1. The summed E-state index contributed by atoms with van der Waals surface area (Å²) < 4.78 is 25.9. The van der Waals surface area contributed by atoms with Gasteiger partial charge in [-0.05, 0) is 30.4 Å². The molecule has 1 amide bonds. The van der Waals surface area contributed by atoms with Gasteiger partial charge < -0.3 is 10.2 Å². The van der Waals surface area contributed by atoms with Crippen LogP contribution in [0.4, 0.5) is 14.5 Å². The van der Waals surface area contributed by atoms with Gasteiger partial charge in [0, 0.05) is 37.8 Å². The average molecular weight is 296 g/mol. The monoisotopic (exact) mass is 296 g/mol. The van der Waals surface area contributed by atoms with Gasteiger partial charge in [-0.2, -0.15) is 0 Å². The smallest absolute Gasteiger partial charge is 0.225 e. The van der Waals surface area contributed by atoms with Gasteiger partial charge in [0.05, 0.1) is 0 Å². The summed E-state index contributed by atoms with van der Waals surface area (Å²) >= 11 is 0. The molecule has 0 spiro atoms. The normalized spacial score (nSPS) is 23.0. The Kier molecular flexibility index (Phi) is 5.28. The molecule has 1 saturated heterocycles. The molecule has 21 heavy (non-hydrogen) atoms. The van der Waals surface area contributed by atoms with E-state index in [2.05, 4.69) is 24.1 Å². The fourth-order valence-electron chi connectivity index (χ4n) is 3.03. The number of nitrogens with one attached hydrogen (secondary N) is 1. The van der Waals surface area contributed by atoms with Gasteiger partial charge in [0.25, 0.3) is 0 Å². The number of carbonyl (C=O) groups excluding carboxylic acids is 1. The molecule has 0 aromatic heterocycles. The van der Waals surface area contributed by atoms with E-state index in [9.17, 15) is 13.6 Å². The molecule has 1 heterocycles. The Bertz CT molecular complexity index is 497. The van der Waals surface area contributed by atoms with Crippen LogP contribution in [0.25, 0.3) is 0 Å². The minimum absolute atomic E-state index is 0.174. The van der Waals surface area contributed by atoms with Crippen molar-refractivity contribution in [3.05, 3.63) is 29.8 Å². The van der Waals surface area contributed by atoms with Crippen molar-refractivity contribution in [1.82, 2.24) is 4.90 Å². The fourth-order valence-corrected chi connectivity index (χ4v) is 3.03. The number of amides is 1. The van der Waals surface area contributed by atoms with Crippen molar-refractivity contribution >= 4 is 11.6 Å². The van der Waals surface area contributed by atoms with Gasteiger partial charge in [0.2, 0.25) is 5.91 Å². The number of nitrogens with zero attached hydrogens (tertiary/aromatic N) is 1. The van der Waals surface area contributed by atoms with E-state index in [0.717, 1.165) is 25.2 Å². The lowest BCUT2D eigenvalue weighted by Gasteiger charge is -2.34. The average Bonchev–Trinajstić information content (AvgIpc) is 2.40. The molecule has 2 rings (SSSR count). The van der Waals surface area contributed by atoms with Gasteiger partial charge in [-0.15, -0.1) is 0 Å². The molecule has 116 valence electrons. The van der Waals surface area contributed by atoms with Crippen LogP contribution < -0.4 is 5.32 Å². The maximum Gasteiger partial charge on any atom is 0.225 e. The molecule has 0 radical (unpaired) electrons. The van der Waals surface area contributed by atoms with Crippen LogP contribution in [0.15, 0.2) is 18.2 Å². The number of halogens is 2. The summed E-state index contributed by atoms with van der Waals surface area (Å²) in [6, 6.07) is 3.37. The molecule has 0 aliphatic carbocycles. The van der Waals surface area contributed by atoms with Gasteiger partial charge in [-0.25, -0.2) is 8.78 Å². The lowest BCUT2D eigenvalue weighted by Crippen LogP contribution is -2.40. The molecule has 1 fully saturated rings. The van der Waals surface area contributed by atoms with E-state index in [1.165, 1.54) is 12.5 Å². The zero-order valence-corrected chi connectivity index (χ0v) is 12.5. The zero-order valence-electron chi connectivity index (χ0n) is 12.5. The van der Waals surface area contributed by atoms with Crippen molar-refractivity contribution in [2.45, 2.75) is 26.7 Å². The Labute approximate surface area is 124 Å². The largest absolute Gasteiger partial charge is 0.326 e. The van der Waals surface area contributed by atoms with Crippen LogP contribution in [0.5, 0.6) is 0 Å². The quantitative estimate of drug-likeness (QED) is 0.925. The third kappa shape index (κ3) is 4.77. The maximum absolute atomic E-state index is 13.1. The summed E-state index contributed by atoms with van der Waals surface area (Å²) in [5.74, 6) is -0.728. The number of likely N-dealkylation sites (tertiary alicyclic amines) is 1. The summed E-state index contributed by atoms with van der Waals surface area (Å²) in [6.45, 7) is 7.18. The fraction of sp³-hybridized carbons (Fsp3) is 0.562. The summed E-state index contributed by atoms with van der Waals surface area (Å²) in [4.78, 5) is 14.2. The van der Waals surface area contributed by atoms with Crippen LogP contribution in [0, 0.1) is 23.5 Å². The predicted octanol–water partition coefficient (Wildman–Crippen LogP) is 3.27. The topological polar surface area (TPSA) is 32.3 Å². The third-order valence-corrected chi connectivity index (χ3v) is 3.80. The van der Waals surface area contributed by atoms with Gasteiger partial charge in [0.1, 0.15) is 0 Å². The molecule has 1 aromatic carbocycles. The van der Waals surface area contributed by atoms with E-state index in [-0.39, 0.29) is 5.91 Å². The van der Waals surface area contributed by atoms with Gasteiger partial charge in [-0.3, -0.25) is 4.79 Å². The Balaban J connectivity index is 1.80. The molecule has 1 aliphatic heterocycles. The van der Waals surface area contributed by atoms with Crippen LogP contribution in [0.1, 0.15) is 26.7 Å². The van der Waals surface area contributed by atoms with Crippen LogP contribution in [-0.2, 0) is 4.79 Å². The first kappa shape index (κ1) is 15.9. The second kappa shape index (κ2) is 6.98. The molecule has 2 atom stereocenters. The van der Waals surface area contributed by atoms with Gasteiger partial charge in [-0.1, -0.05) is 13.8 Å². The Morgan fingerprint density at radius 3 is 2.52 bits per heavy atom. The summed E-state index contributed by atoms with van der Waals surface area (Å²) in [5, 5.41) is 2.60. The van der Waals surface area contributed by atoms with E-state index < -0.39 is 11.6 Å². The molecule has 2 unspecified atom stereocenters. The zero-order chi connectivity index (χ0) is 15.4. The summed E-state index contributed by atoms with van der Waals surface area (Å²) in [7, 11) is 0. The van der Waals surface area contributed by atoms with E-state index in [0.29, 0.717) is 30.5 Å². The van der Waals surface area contributed by atoms with Gasteiger partial charge in [0.15, 0.2) is 11.6 Å². The number of anilines is 1. The lowest BCUT2D eigenvalue weighted by molar-refractivity contribution is -0.116. The van der Waals surface area contributed by atoms with Crippen molar-refractivity contribution in [1.29, 1.82) is 0 Å². The molecule has 1 N–H and O–H groups in total. The van der Waals surface area contributed by atoms with Crippen LogP contribution in [0.3, 0.4) is 0 Å². The molecule has 1 aliphatic rings. The first-order chi connectivity index (χ1) is 9.94. The summed E-state index contributed by atoms with van der Waals surface area (Å²) in [5.41, 5.74) is 0.291. The highest BCUT2D eigenvalue weighted by atomic mass is 19.2. The van der Waals surface area contributed by atoms with Crippen molar-refractivity contribution in [3.8, 4) is 0 Å². The van der Waals surface area contributed by atoms with Crippen molar-refractivity contribution in [3.63, 3.8) is 0 Å². The van der Waals surface area contributed by atoms with Crippen LogP contribution in [-0.4, -0.2) is 30.4 Å². The standard InChI is InChI=1S/C16H22F2N2O/c1-11-7-12(2)10-20(9-11)6-5-16(21)19-13-3-4-14(17)15(18)8-13/h3-4,8,11-12H,5-7,9-10H2,1-2H3,(H,19,21). The van der Waals surface area contributed by atoms with Crippen LogP contribution >= 0.6 is 0 Å². The van der Waals surface area contributed by atoms with Crippen molar-refractivity contribution in [2.24, 2.45) is 11.8 Å². The van der Waals surface area contributed by atoms with Gasteiger partial charge >= 0.3 is 0 Å². The Morgan fingerprint density at radius 1 is 1.24 bits per heavy atom. The Morgan fingerprint density at radius 2 is 1.90 bits per heavy atom. The predicted molar refractivity (Wildman–Crippen MR) is 79.0 cm³/mol. The molecule has 3 nitrogen and oxygen atoms in total. The van der Waals surface area contributed by atoms with E-state index >= 15 is 0 Å².